The number of hydrogen-bond donors (Lipinski definition) is 1. The van der Waals surface area contributed by atoms with Gasteiger partial charge in [0.1, 0.15) is 5.75 Å². The van der Waals surface area contributed by atoms with E-state index in [0.29, 0.717) is 0 Å². The molecular formula is C18H26N2O. The fraction of sp³-hybridized carbons (Fsp3) is 0.556. The number of nitrogens with zero attached hydrogens (tertiary/aromatic N) is 1. The Morgan fingerprint density at radius 2 is 2.10 bits per heavy atom. The van der Waals surface area contributed by atoms with Crippen LogP contribution in [-0.2, 0) is 6.54 Å². The van der Waals surface area contributed by atoms with Crippen LogP contribution in [0.25, 0.3) is 10.9 Å². The number of benzene rings is 1. The Kier molecular flexibility index (Phi) is 4.81. The maximum atomic E-state index is 5.70. The van der Waals surface area contributed by atoms with Crippen LogP contribution >= 0.6 is 0 Å². The largest absolute Gasteiger partial charge is 0.493 e. The van der Waals surface area contributed by atoms with Gasteiger partial charge < -0.3 is 14.6 Å². The molecule has 21 heavy (non-hydrogen) atoms. The van der Waals surface area contributed by atoms with E-state index in [1.54, 1.807) is 0 Å². The number of aryl methyl sites for hydroxylation is 1. The molecule has 0 radical (unpaired) electrons. The number of hydrogen-bond acceptors (Lipinski definition) is 2. The van der Waals surface area contributed by atoms with Gasteiger partial charge in [-0.1, -0.05) is 18.9 Å². The molecule has 1 aliphatic rings. The third-order valence-corrected chi connectivity index (χ3v) is 4.44. The van der Waals surface area contributed by atoms with Gasteiger partial charge in [0.2, 0.25) is 0 Å². The van der Waals surface area contributed by atoms with Gasteiger partial charge >= 0.3 is 0 Å². The lowest BCUT2D eigenvalue weighted by Gasteiger charge is -2.12. The molecular weight excluding hydrogens is 260 g/mol. The van der Waals surface area contributed by atoms with Gasteiger partial charge in [0.15, 0.2) is 0 Å². The van der Waals surface area contributed by atoms with Crippen LogP contribution < -0.4 is 10.1 Å². The predicted molar refractivity (Wildman–Crippen MR) is 88.0 cm³/mol. The monoisotopic (exact) mass is 286 g/mol. The van der Waals surface area contributed by atoms with E-state index in [1.165, 1.54) is 43.0 Å². The van der Waals surface area contributed by atoms with Crippen LogP contribution in [0.3, 0.4) is 0 Å². The summed E-state index contributed by atoms with van der Waals surface area (Å²) in [4.78, 5) is 0. The second-order valence-electron chi connectivity index (χ2n) is 5.92. The predicted octanol–water partition coefficient (Wildman–Crippen LogP) is 3.96. The van der Waals surface area contributed by atoms with Gasteiger partial charge in [-0.05, 0) is 50.9 Å². The molecule has 3 rings (SSSR count). The van der Waals surface area contributed by atoms with E-state index >= 15 is 0 Å². The molecule has 114 valence electrons. The van der Waals surface area contributed by atoms with E-state index in [9.17, 15) is 0 Å². The molecule has 1 N–H and O–H groups in total. The van der Waals surface area contributed by atoms with Crippen LogP contribution in [0.2, 0.25) is 0 Å². The minimum Gasteiger partial charge on any atom is -0.493 e. The van der Waals surface area contributed by atoms with Gasteiger partial charge in [-0.25, -0.2) is 0 Å². The molecule has 1 aromatic carbocycles. The Morgan fingerprint density at radius 1 is 1.24 bits per heavy atom. The van der Waals surface area contributed by atoms with Crippen molar-refractivity contribution < 1.29 is 4.74 Å². The van der Waals surface area contributed by atoms with E-state index in [1.807, 2.05) is 6.92 Å². The fourth-order valence-corrected chi connectivity index (χ4v) is 3.36. The maximum absolute atomic E-state index is 5.70. The topological polar surface area (TPSA) is 26.2 Å². The molecule has 1 aliphatic carbocycles. The van der Waals surface area contributed by atoms with Crippen LogP contribution in [0.1, 0.15) is 39.0 Å². The standard InChI is InChI=1S/C18H26N2O/c1-2-21-18-10-5-9-17-16(18)11-14-20(17)13-6-12-19-15-7-3-4-8-15/h5,9-11,14-15,19H,2-4,6-8,12-13H2,1H3. The second-order valence-corrected chi connectivity index (χ2v) is 5.92. The first kappa shape index (κ1) is 14.5. The van der Waals surface area contributed by atoms with Crippen LogP contribution in [0.4, 0.5) is 0 Å². The number of ether oxygens (including phenoxy) is 1. The van der Waals surface area contributed by atoms with Gasteiger partial charge in [-0.2, -0.15) is 0 Å². The summed E-state index contributed by atoms with van der Waals surface area (Å²) < 4.78 is 8.04. The van der Waals surface area contributed by atoms with Gasteiger partial charge in [-0.15, -0.1) is 0 Å². The molecule has 3 heteroatoms. The minimum absolute atomic E-state index is 0.718. The van der Waals surface area contributed by atoms with E-state index < -0.39 is 0 Å². The van der Waals surface area contributed by atoms with Crippen molar-refractivity contribution >= 4 is 10.9 Å². The molecule has 0 saturated heterocycles. The highest BCUT2D eigenvalue weighted by Gasteiger charge is 2.13. The summed E-state index contributed by atoms with van der Waals surface area (Å²) >= 11 is 0. The van der Waals surface area contributed by atoms with Crippen molar-refractivity contribution in [3.8, 4) is 5.75 Å². The van der Waals surface area contributed by atoms with E-state index in [-0.39, 0.29) is 0 Å². The molecule has 0 bridgehead atoms. The smallest absolute Gasteiger partial charge is 0.128 e. The summed E-state index contributed by atoms with van der Waals surface area (Å²) in [5.74, 6) is 0.998. The minimum atomic E-state index is 0.718. The number of rotatable bonds is 7. The van der Waals surface area contributed by atoms with Crippen molar-refractivity contribution in [2.45, 2.75) is 51.6 Å². The van der Waals surface area contributed by atoms with Crippen molar-refractivity contribution in [3.63, 3.8) is 0 Å². The first-order valence-corrected chi connectivity index (χ1v) is 8.32. The van der Waals surface area contributed by atoms with Gasteiger partial charge in [0, 0.05) is 24.2 Å². The van der Waals surface area contributed by atoms with Gasteiger partial charge in [0.25, 0.3) is 0 Å². The molecule has 1 heterocycles. The van der Waals surface area contributed by atoms with Crippen LogP contribution in [0.15, 0.2) is 30.5 Å². The number of fused-ring (bicyclic) bond motifs is 1. The fourth-order valence-electron chi connectivity index (χ4n) is 3.36. The van der Waals surface area contributed by atoms with E-state index in [0.717, 1.165) is 31.5 Å². The normalized spacial score (nSPS) is 15.9. The van der Waals surface area contributed by atoms with Crippen LogP contribution in [-0.4, -0.2) is 23.8 Å². The molecule has 0 amide bonds. The van der Waals surface area contributed by atoms with Crippen molar-refractivity contribution in [1.29, 1.82) is 0 Å². The first-order chi connectivity index (χ1) is 10.4. The second kappa shape index (κ2) is 6.99. The molecule has 0 unspecified atom stereocenters. The average molecular weight is 286 g/mol. The average Bonchev–Trinajstić information content (AvgIpc) is 3.14. The summed E-state index contributed by atoms with van der Waals surface area (Å²) in [5, 5.41) is 4.91. The molecule has 0 atom stereocenters. The highest BCUT2D eigenvalue weighted by Crippen LogP contribution is 2.26. The zero-order valence-corrected chi connectivity index (χ0v) is 13.0. The van der Waals surface area contributed by atoms with Gasteiger partial charge in [-0.3, -0.25) is 0 Å². The van der Waals surface area contributed by atoms with Crippen molar-refractivity contribution in [2.24, 2.45) is 0 Å². The zero-order valence-electron chi connectivity index (χ0n) is 13.0. The van der Waals surface area contributed by atoms with E-state index in [4.69, 9.17) is 4.74 Å². The molecule has 3 nitrogen and oxygen atoms in total. The molecule has 2 aromatic rings. The Hall–Kier alpha value is -1.48. The maximum Gasteiger partial charge on any atom is 0.128 e. The SMILES string of the molecule is CCOc1cccc2c1ccn2CCCNC1CCCC1. The quantitative estimate of drug-likeness (QED) is 0.780. The Bertz CT molecular complexity index is 570. The summed E-state index contributed by atoms with van der Waals surface area (Å²) in [7, 11) is 0. The zero-order chi connectivity index (χ0) is 14.5. The lowest BCUT2D eigenvalue weighted by molar-refractivity contribution is 0.344. The number of nitrogens with one attached hydrogen (secondary N) is 1. The molecule has 1 fully saturated rings. The third kappa shape index (κ3) is 3.41. The summed E-state index contributed by atoms with van der Waals surface area (Å²) in [5.41, 5.74) is 1.28. The van der Waals surface area contributed by atoms with Crippen molar-refractivity contribution in [2.75, 3.05) is 13.2 Å². The van der Waals surface area contributed by atoms with E-state index in [2.05, 4.69) is 40.3 Å². The third-order valence-electron chi connectivity index (χ3n) is 4.44. The lowest BCUT2D eigenvalue weighted by atomic mass is 10.2. The van der Waals surface area contributed by atoms with Crippen LogP contribution in [0, 0.1) is 0 Å². The summed E-state index contributed by atoms with van der Waals surface area (Å²) in [6, 6.07) is 9.27. The Balaban J connectivity index is 1.58. The first-order valence-electron chi connectivity index (χ1n) is 8.32. The van der Waals surface area contributed by atoms with Crippen molar-refractivity contribution in [1.82, 2.24) is 9.88 Å². The molecule has 0 aliphatic heterocycles. The Morgan fingerprint density at radius 3 is 2.90 bits per heavy atom. The van der Waals surface area contributed by atoms with Gasteiger partial charge in [0.05, 0.1) is 12.1 Å². The summed E-state index contributed by atoms with van der Waals surface area (Å²) in [6.45, 7) is 4.94. The lowest BCUT2D eigenvalue weighted by Crippen LogP contribution is -2.27. The molecule has 1 aromatic heterocycles. The highest BCUT2D eigenvalue weighted by molar-refractivity contribution is 5.86. The number of aromatic nitrogens is 1. The highest BCUT2D eigenvalue weighted by atomic mass is 16.5. The molecule has 0 spiro atoms. The van der Waals surface area contributed by atoms with Crippen molar-refractivity contribution in [3.05, 3.63) is 30.5 Å². The Labute approximate surface area is 127 Å². The summed E-state index contributed by atoms with van der Waals surface area (Å²) in [6.07, 6.45) is 8.90. The molecule has 1 saturated carbocycles. The van der Waals surface area contributed by atoms with Crippen LogP contribution in [0.5, 0.6) is 5.75 Å².